The number of rotatable bonds is 2. The van der Waals surface area contributed by atoms with Crippen molar-refractivity contribution in [3.63, 3.8) is 0 Å². The molecule has 1 nitrogen and oxygen atoms in total. The van der Waals surface area contributed by atoms with Gasteiger partial charge >= 0.3 is 0 Å². The van der Waals surface area contributed by atoms with Crippen molar-refractivity contribution in [1.82, 2.24) is 5.32 Å². The van der Waals surface area contributed by atoms with Crippen LogP contribution in [0.1, 0.15) is 53.9 Å². The maximum absolute atomic E-state index is 3.69. The van der Waals surface area contributed by atoms with E-state index >= 15 is 0 Å². The van der Waals surface area contributed by atoms with Crippen LogP contribution >= 0.6 is 0 Å². The fraction of sp³-hybridized carbons (Fsp3) is 1.00. The van der Waals surface area contributed by atoms with E-state index in [9.17, 15) is 0 Å². The monoisotopic (exact) mass is 183 g/mol. The molecule has 2 atom stereocenters. The van der Waals surface area contributed by atoms with Gasteiger partial charge in [0, 0.05) is 12.1 Å². The molecule has 78 valence electrons. The van der Waals surface area contributed by atoms with Gasteiger partial charge in [-0.1, -0.05) is 34.6 Å². The number of hydrogen-bond acceptors (Lipinski definition) is 1. The molecule has 1 aliphatic carbocycles. The molecule has 2 unspecified atom stereocenters. The molecule has 0 bridgehead atoms. The van der Waals surface area contributed by atoms with Crippen LogP contribution in [0.25, 0.3) is 0 Å². The molecular formula is C12H25N. The van der Waals surface area contributed by atoms with Crippen molar-refractivity contribution in [2.45, 2.75) is 66.0 Å². The van der Waals surface area contributed by atoms with Crippen LogP contribution in [0.4, 0.5) is 0 Å². The molecule has 0 aromatic carbocycles. The third kappa shape index (κ3) is 3.30. The number of nitrogens with one attached hydrogen (secondary N) is 1. The highest BCUT2D eigenvalue weighted by Crippen LogP contribution is 2.38. The van der Waals surface area contributed by atoms with Crippen LogP contribution in [-0.4, -0.2) is 12.1 Å². The summed E-state index contributed by atoms with van der Waals surface area (Å²) < 4.78 is 0. The Balaban J connectivity index is 2.50. The molecule has 1 heteroatoms. The zero-order chi connectivity index (χ0) is 10.1. The lowest BCUT2D eigenvalue weighted by molar-refractivity contribution is 0.145. The minimum Gasteiger partial charge on any atom is -0.311 e. The summed E-state index contributed by atoms with van der Waals surface area (Å²) in [6.45, 7) is 11.7. The molecule has 13 heavy (non-hydrogen) atoms. The van der Waals surface area contributed by atoms with Gasteiger partial charge in [-0.25, -0.2) is 0 Å². The van der Waals surface area contributed by atoms with E-state index < -0.39 is 0 Å². The van der Waals surface area contributed by atoms with Crippen LogP contribution in [0.2, 0.25) is 0 Å². The molecule has 1 aliphatic rings. The van der Waals surface area contributed by atoms with Crippen LogP contribution in [0, 0.1) is 11.3 Å². The predicted octanol–water partition coefficient (Wildman–Crippen LogP) is 3.20. The quantitative estimate of drug-likeness (QED) is 0.693. The van der Waals surface area contributed by atoms with Crippen LogP contribution in [0.3, 0.4) is 0 Å². The van der Waals surface area contributed by atoms with Crippen LogP contribution in [0.15, 0.2) is 0 Å². The Morgan fingerprint density at radius 1 is 1.31 bits per heavy atom. The second-order valence-corrected chi connectivity index (χ2v) is 5.81. The summed E-state index contributed by atoms with van der Waals surface area (Å²) in [7, 11) is 0. The number of hydrogen-bond donors (Lipinski definition) is 1. The highest BCUT2D eigenvalue weighted by molar-refractivity contribution is 4.87. The van der Waals surface area contributed by atoms with Gasteiger partial charge in [0.2, 0.25) is 0 Å². The average molecular weight is 183 g/mol. The van der Waals surface area contributed by atoms with Gasteiger partial charge < -0.3 is 5.32 Å². The molecule has 0 amide bonds. The second kappa shape index (κ2) is 4.00. The molecule has 1 rings (SSSR count). The minimum absolute atomic E-state index is 0.555. The summed E-state index contributed by atoms with van der Waals surface area (Å²) in [5, 5.41) is 3.69. The van der Waals surface area contributed by atoms with Crippen molar-refractivity contribution >= 4 is 0 Å². The molecule has 0 saturated heterocycles. The van der Waals surface area contributed by atoms with E-state index in [1.54, 1.807) is 0 Å². The van der Waals surface area contributed by atoms with E-state index in [4.69, 9.17) is 0 Å². The highest BCUT2D eigenvalue weighted by atomic mass is 14.9. The van der Waals surface area contributed by atoms with Gasteiger partial charge in [0.25, 0.3) is 0 Å². The Hall–Kier alpha value is -0.0400. The van der Waals surface area contributed by atoms with E-state index in [0.717, 1.165) is 12.0 Å². The van der Waals surface area contributed by atoms with Gasteiger partial charge in [-0.05, 0) is 30.6 Å². The Morgan fingerprint density at radius 3 is 2.46 bits per heavy atom. The molecule has 1 N–H and O–H groups in total. The van der Waals surface area contributed by atoms with Crippen molar-refractivity contribution in [2.24, 2.45) is 11.3 Å². The van der Waals surface area contributed by atoms with Gasteiger partial charge in [0.1, 0.15) is 0 Å². The van der Waals surface area contributed by atoms with E-state index in [1.807, 2.05) is 0 Å². The standard InChI is InChI=1S/C12H25N/c1-9(2)13-11-8-12(4,5)7-6-10(11)3/h9-11,13H,6-8H2,1-5H3. The first-order valence-corrected chi connectivity index (χ1v) is 5.67. The Labute approximate surface area is 83.3 Å². The fourth-order valence-electron chi connectivity index (χ4n) is 2.37. The summed E-state index contributed by atoms with van der Waals surface area (Å²) in [5.41, 5.74) is 0.555. The van der Waals surface area contributed by atoms with Gasteiger partial charge in [0.15, 0.2) is 0 Å². The maximum atomic E-state index is 3.69. The van der Waals surface area contributed by atoms with Crippen LogP contribution in [0.5, 0.6) is 0 Å². The van der Waals surface area contributed by atoms with Crippen molar-refractivity contribution in [3.8, 4) is 0 Å². The van der Waals surface area contributed by atoms with Gasteiger partial charge in [-0.15, -0.1) is 0 Å². The van der Waals surface area contributed by atoms with Crippen LogP contribution in [-0.2, 0) is 0 Å². The smallest absolute Gasteiger partial charge is 0.0100 e. The molecule has 0 aromatic rings. The first-order chi connectivity index (χ1) is 5.91. The summed E-state index contributed by atoms with van der Waals surface area (Å²) in [4.78, 5) is 0. The fourth-order valence-corrected chi connectivity index (χ4v) is 2.37. The largest absolute Gasteiger partial charge is 0.311 e. The minimum atomic E-state index is 0.555. The van der Waals surface area contributed by atoms with Gasteiger partial charge in [-0.3, -0.25) is 0 Å². The van der Waals surface area contributed by atoms with E-state index in [1.165, 1.54) is 19.3 Å². The summed E-state index contributed by atoms with van der Waals surface area (Å²) in [5.74, 6) is 0.857. The Morgan fingerprint density at radius 2 is 1.92 bits per heavy atom. The Kier molecular flexibility index (Phi) is 3.39. The molecule has 0 aliphatic heterocycles. The summed E-state index contributed by atoms with van der Waals surface area (Å²) in [6.07, 6.45) is 4.12. The van der Waals surface area contributed by atoms with E-state index in [0.29, 0.717) is 11.5 Å². The van der Waals surface area contributed by atoms with E-state index in [-0.39, 0.29) is 0 Å². The Bertz CT molecular complexity index is 161. The molecule has 0 radical (unpaired) electrons. The highest BCUT2D eigenvalue weighted by Gasteiger charge is 2.32. The molecular weight excluding hydrogens is 158 g/mol. The lowest BCUT2D eigenvalue weighted by Gasteiger charge is -2.40. The van der Waals surface area contributed by atoms with Gasteiger partial charge in [-0.2, -0.15) is 0 Å². The van der Waals surface area contributed by atoms with Crippen molar-refractivity contribution in [1.29, 1.82) is 0 Å². The summed E-state index contributed by atoms with van der Waals surface area (Å²) >= 11 is 0. The molecule has 0 spiro atoms. The van der Waals surface area contributed by atoms with E-state index in [2.05, 4.69) is 39.9 Å². The van der Waals surface area contributed by atoms with Crippen molar-refractivity contribution < 1.29 is 0 Å². The second-order valence-electron chi connectivity index (χ2n) is 5.81. The first-order valence-electron chi connectivity index (χ1n) is 5.67. The lowest BCUT2D eigenvalue weighted by atomic mass is 9.71. The van der Waals surface area contributed by atoms with Gasteiger partial charge in [0.05, 0.1) is 0 Å². The first kappa shape index (κ1) is 11.0. The normalized spacial score (nSPS) is 33.7. The molecule has 1 saturated carbocycles. The zero-order valence-electron chi connectivity index (χ0n) is 9.85. The van der Waals surface area contributed by atoms with Crippen molar-refractivity contribution in [3.05, 3.63) is 0 Å². The SMILES string of the molecule is CC(C)NC1CC(C)(C)CCC1C. The van der Waals surface area contributed by atoms with Crippen LogP contribution < -0.4 is 5.32 Å². The topological polar surface area (TPSA) is 12.0 Å². The summed E-state index contributed by atoms with van der Waals surface area (Å²) in [6, 6.07) is 1.37. The molecule has 0 aromatic heterocycles. The zero-order valence-corrected chi connectivity index (χ0v) is 9.85. The third-order valence-electron chi connectivity index (χ3n) is 3.28. The van der Waals surface area contributed by atoms with Crippen molar-refractivity contribution in [2.75, 3.05) is 0 Å². The maximum Gasteiger partial charge on any atom is 0.0100 e. The molecule has 1 fully saturated rings. The lowest BCUT2D eigenvalue weighted by Crippen LogP contribution is -2.45. The predicted molar refractivity (Wildman–Crippen MR) is 58.9 cm³/mol. The third-order valence-corrected chi connectivity index (χ3v) is 3.28. The molecule has 0 heterocycles. The average Bonchev–Trinajstić information content (AvgIpc) is 1.95.